The number of aliphatic hydroxyl groups excluding tert-OH is 1. The summed E-state index contributed by atoms with van der Waals surface area (Å²) < 4.78 is 28.2. The van der Waals surface area contributed by atoms with Gasteiger partial charge in [0.25, 0.3) is 0 Å². The summed E-state index contributed by atoms with van der Waals surface area (Å²) in [6.07, 6.45) is 2.17. The average molecular weight is 505 g/mol. The van der Waals surface area contributed by atoms with Crippen molar-refractivity contribution in [3.8, 4) is 0 Å². The van der Waals surface area contributed by atoms with E-state index in [-0.39, 0.29) is 37.6 Å². The van der Waals surface area contributed by atoms with Crippen LogP contribution in [0.4, 0.5) is 4.39 Å². The van der Waals surface area contributed by atoms with Gasteiger partial charge in [-0.15, -0.1) is 0 Å². The summed E-state index contributed by atoms with van der Waals surface area (Å²) in [7, 11) is 0. The van der Waals surface area contributed by atoms with Gasteiger partial charge in [0, 0.05) is 23.2 Å². The number of carbonyl (C=O) groups excluding carboxylic acids is 3. The lowest BCUT2D eigenvalue weighted by Gasteiger charge is -2.63. The second-order valence-corrected chi connectivity index (χ2v) is 11.5. The van der Waals surface area contributed by atoms with Crippen molar-refractivity contribution in [2.45, 2.75) is 87.9 Å². The van der Waals surface area contributed by atoms with Gasteiger partial charge in [0.15, 0.2) is 5.78 Å². The normalized spacial score (nSPS) is 44.4. The number of aliphatic hydroxyl groups is 1. The Hall–Kier alpha value is -1.18. The summed E-state index contributed by atoms with van der Waals surface area (Å²) in [5.74, 6) is -2.61. The topological polar surface area (TPSA) is 89.9 Å². The van der Waals surface area contributed by atoms with E-state index in [1.165, 1.54) is 0 Å². The summed E-state index contributed by atoms with van der Waals surface area (Å²) in [4.78, 5) is 36.3. The number of ether oxygens (including phenoxy) is 2. The van der Waals surface area contributed by atoms with Crippen molar-refractivity contribution in [3.63, 3.8) is 0 Å². The van der Waals surface area contributed by atoms with Crippen molar-refractivity contribution in [2.75, 3.05) is 6.61 Å². The average Bonchev–Trinajstić information content (AvgIpc) is 3.02. The predicted molar refractivity (Wildman–Crippen MR) is 119 cm³/mol. The minimum atomic E-state index is -1.96. The largest absolute Gasteiger partial charge is 0.463 e. The Morgan fingerprint density at radius 1 is 1.21 bits per heavy atom. The van der Waals surface area contributed by atoms with E-state index in [2.05, 4.69) is 0 Å². The van der Waals surface area contributed by atoms with Gasteiger partial charge in [0.2, 0.25) is 10.4 Å². The van der Waals surface area contributed by atoms with E-state index in [1.54, 1.807) is 19.9 Å². The van der Waals surface area contributed by atoms with Gasteiger partial charge in [-0.1, -0.05) is 42.6 Å². The molecule has 0 aromatic rings. The van der Waals surface area contributed by atoms with Crippen LogP contribution in [0.3, 0.4) is 0 Å². The summed E-state index contributed by atoms with van der Waals surface area (Å²) in [6.45, 7) is 5.30. The van der Waals surface area contributed by atoms with Crippen LogP contribution in [0.2, 0.25) is 0 Å². The molecular formula is C24H31Cl2FO6. The number of esters is 2. The lowest BCUT2D eigenvalue weighted by Crippen LogP contribution is -2.70. The summed E-state index contributed by atoms with van der Waals surface area (Å²) in [5.41, 5.74) is -4.95. The standard InChI is InChI=1S/C24H31Cl2FO6/c1-4-32-20(31)23(33-19(30)18(25)26)10-8-15-16-6-5-13-11-14(28)7-9-21(13,2)24(16,27)17(29)12-22(15,23)3/h11,15-18,29H,4-10,12H2,1-3H3/t15-,16-,17-,21-,22-,23-,24-/m0/s1. The first-order valence-corrected chi connectivity index (χ1v) is 12.5. The van der Waals surface area contributed by atoms with E-state index in [4.69, 9.17) is 32.7 Å². The van der Waals surface area contributed by atoms with Crippen LogP contribution in [-0.4, -0.2) is 51.6 Å². The van der Waals surface area contributed by atoms with Gasteiger partial charge < -0.3 is 14.6 Å². The van der Waals surface area contributed by atoms with Gasteiger partial charge in [-0.25, -0.2) is 14.0 Å². The Labute approximate surface area is 203 Å². The van der Waals surface area contributed by atoms with Crippen LogP contribution in [0.5, 0.6) is 0 Å². The number of carbonyl (C=O) groups is 3. The molecule has 33 heavy (non-hydrogen) atoms. The Kier molecular flexibility index (Phi) is 6.19. The van der Waals surface area contributed by atoms with Crippen LogP contribution in [0.25, 0.3) is 0 Å². The molecule has 0 heterocycles. The Balaban J connectivity index is 1.79. The molecular weight excluding hydrogens is 474 g/mol. The van der Waals surface area contributed by atoms with Gasteiger partial charge in [0.1, 0.15) is 5.67 Å². The van der Waals surface area contributed by atoms with Gasteiger partial charge in [-0.2, -0.15) is 0 Å². The van der Waals surface area contributed by atoms with Crippen molar-refractivity contribution in [1.29, 1.82) is 0 Å². The van der Waals surface area contributed by atoms with Crippen molar-refractivity contribution in [1.82, 2.24) is 0 Å². The third-order valence-corrected chi connectivity index (χ3v) is 9.58. The predicted octanol–water partition coefficient (Wildman–Crippen LogP) is 4.23. The maximum atomic E-state index is 17.2. The highest BCUT2D eigenvalue weighted by Gasteiger charge is 2.76. The number of ketones is 1. The zero-order chi connectivity index (χ0) is 24.4. The number of fused-ring (bicyclic) bond motifs is 5. The fourth-order valence-electron chi connectivity index (χ4n) is 7.57. The second-order valence-electron chi connectivity index (χ2n) is 10.4. The number of rotatable bonds is 4. The Morgan fingerprint density at radius 3 is 2.55 bits per heavy atom. The van der Waals surface area contributed by atoms with Crippen molar-refractivity contribution >= 4 is 40.9 Å². The lowest BCUT2D eigenvalue weighted by atomic mass is 9.44. The van der Waals surface area contributed by atoms with E-state index >= 15 is 4.39 Å². The molecule has 1 N–H and O–H groups in total. The summed E-state index contributed by atoms with van der Waals surface area (Å²) in [5, 5.41) is 11.4. The Bertz CT molecular complexity index is 907. The maximum absolute atomic E-state index is 17.2. The molecule has 0 aromatic heterocycles. The summed E-state index contributed by atoms with van der Waals surface area (Å²) >= 11 is 11.5. The molecule has 0 saturated heterocycles. The number of alkyl halides is 3. The first kappa shape index (κ1) is 24.9. The molecule has 4 aliphatic carbocycles. The Morgan fingerprint density at radius 2 is 1.91 bits per heavy atom. The number of hydrogen-bond acceptors (Lipinski definition) is 6. The lowest BCUT2D eigenvalue weighted by molar-refractivity contribution is -0.238. The zero-order valence-corrected chi connectivity index (χ0v) is 20.7. The highest BCUT2D eigenvalue weighted by Crippen LogP contribution is 2.71. The van der Waals surface area contributed by atoms with Gasteiger partial charge >= 0.3 is 11.9 Å². The smallest absolute Gasteiger partial charge is 0.351 e. The van der Waals surface area contributed by atoms with Crippen molar-refractivity contribution in [3.05, 3.63) is 11.6 Å². The first-order chi connectivity index (χ1) is 15.4. The van der Waals surface area contributed by atoms with Crippen LogP contribution in [0, 0.1) is 22.7 Å². The minimum absolute atomic E-state index is 0.00882. The van der Waals surface area contributed by atoms with Crippen LogP contribution in [0.15, 0.2) is 11.6 Å². The molecule has 0 unspecified atom stereocenters. The minimum Gasteiger partial charge on any atom is -0.463 e. The molecule has 3 saturated carbocycles. The van der Waals surface area contributed by atoms with Crippen molar-refractivity contribution in [2.24, 2.45) is 22.7 Å². The highest BCUT2D eigenvalue weighted by atomic mass is 35.5. The molecule has 0 radical (unpaired) electrons. The van der Waals surface area contributed by atoms with E-state index in [0.29, 0.717) is 25.7 Å². The molecule has 3 fully saturated rings. The van der Waals surface area contributed by atoms with E-state index in [9.17, 15) is 19.5 Å². The fraction of sp³-hybridized carbons (Fsp3) is 0.792. The molecule has 0 spiro atoms. The number of allylic oxidation sites excluding steroid dienone is 1. The van der Waals surface area contributed by atoms with E-state index in [1.807, 2.05) is 6.92 Å². The van der Waals surface area contributed by atoms with E-state index in [0.717, 1.165) is 5.57 Å². The van der Waals surface area contributed by atoms with E-state index < -0.39 is 50.9 Å². The zero-order valence-electron chi connectivity index (χ0n) is 19.2. The summed E-state index contributed by atoms with van der Waals surface area (Å²) in [6, 6.07) is 0. The SMILES string of the molecule is CCOC(=O)[C@@]1(OC(=O)C(Cl)Cl)CC[C@H]2[C@@H]3CCC4=CC(=O)CC[C@]4(C)[C@@]3(F)[C@@H](O)C[C@@]21C. The van der Waals surface area contributed by atoms with Crippen LogP contribution >= 0.6 is 23.2 Å². The molecule has 0 aromatic carbocycles. The third kappa shape index (κ3) is 3.24. The van der Waals surface area contributed by atoms with Crippen molar-refractivity contribution < 1.29 is 33.4 Å². The monoisotopic (exact) mass is 504 g/mol. The molecule has 4 rings (SSSR count). The van der Waals surface area contributed by atoms with Gasteiger partial charge in [-0.3, -0.25) is 4.79 Å². The van der Waals surface area contributed by atoms with Gasteiger partial charge in [-0.05, 0) is 57.4 Å². The van der Waals surface area contributed by atoms with Crippen LogP contribution < -0.4 is 0 Å². The fourth-order valence-corrected chi connectivity index (χ4v) is 7.66. The highest BCUT2D eigenvalue weighted by molar-refractivity contribution is 6.53. The molecule has 0 amide bonds. The van der Waals surface area contributed by atoms with Crippen LogP contribution in [-0.2, 0) is 23.9 Å². The quantitative estimate of drug-likeness (QED) is 0.455. The molecule has 6 nitrogen and oxygen atoms in total. The van der Waals surface area contributed by atoms with Gasteiger partial charge in [0.05, 0.1) is 12.7 Å². The molecule has 9 heteroatoms. The van der Waals surface area contributed by atoms with Crippen LogP contribution in [0.1, 0.15) is 65.7 Å². The molecule has 184 valence electrons. The third-order valence-electron chi connectivity index (χ3n) is 9.22. The number of halogens is 3. The number of hydrogen-bond donors (Lipinski definition) is 1. The molecule has 4 aliphatic rings. The molecule has 7 atom stereocenters. The molecule has 0 bridgehead atoms. The first-order valence-electron chi connectivity index (χ1n) is 11.7. The maximum Gasteiger partial charge on any atom is 0.351 e. The second kappa shape index (κ2) is 8.20. The molecule has 0 aliphatic heterocycles.